The second kappa shape index (κ2) is 8.06. The van der Waals surface area contributed by atoms with Gasteiger partial charge in [0.1, 0.15) is 5.76 Å². The van der Waals surface area contributed by atoms with Crippen LogP contribution in [0.1, 0.15) is 5.76 Å². The number of carbonyl (C=O) groups is 2. The number of benzene rings is 1. The number of furan rings is 1. The summed E-state index contributed by atoms with van der Waals surface area (Å²) in [6, 6.07) is 6.16. The summed E-state index contributed by atoms with van der Waals surface area (Å²) in [5.41, 5.74) is 0.272. The maximum atomic E-state index is 11.7. The third kappa shape index (κ3) is 5.32. The Morgan fingerprint density at radius 2 is 1.91 bits per heavy atom. The normalized spacial score (nSPS) is 10.7. The van der Waals surface area contributed by atoms with Crippen LogP contribution in [0.2, 0.25) is 15.1 Å². The number of hydrogen-bond donors (Lipinski definition) is 1. The lowest BCUT2D eigenvalue weighted by atomic mass is 10.3. The maximum Gasteiger partial charge on any atom is 0.331 e. The van der Waals surface area contributed by atoms with E-state index in [1.165, 1.54) is 24.5 Å². The molecule has 2 rings (SSSR count). The molecule has 120 valence electrons. The summed E-state index contributed by atoms with van der Waals surface area (Å²) in [5.74, 6) is -0.754. The zero-order valence-electron chi connectivity index (χ0n) is 11.5. The van der Waals surface area contributed by atoms with E-state index in [9.17, 15) is 9.59 Å². The lowest BCUT2D eigenvalue weighted by Crippen LogP contribution is -2.20. The van der Waals surface area contributed by atoms with Gasteiger partial charge >= 0.3 is 5.97 Å². The van der Waals surface area contributed by atoms with Crippen molar-refractivity contribution in [1.29, 1.82) is 0 Å². The van der Waals surface area contributed by atoms with Crippen LogP contribution in [-0.2, 0) is 14.3 Å². The molecule has 0 aliphatic carbocycles. The molecule has 0 aliphatic heterocycles. The van der Waals surface area contributed by atoms with Gasteiger partial charge in [-0.1, -0.05) is 34.8 Å². The first kappa shape index (κ1) is 17.4. The third-order valence-electron chi connectivity index (χ3n) is 2.56. The van der Waals surface area contributed by atoms with Gasteiger partial charge in [0.25, 0.3) is 5.91 Å². The number of hydrogen-bond acceptors (Lipinski definition) is 4. The standard InChI is InChI=1S/C15H10Cl3NO4/c16-10-6-12(18)13(7-11(10)17)19-14(20)8-23-15(21)4-3-9-2-1-5-22-9/h1-7H,8H2,(H,19,20). The zero-order valence-corrected chi connectivity index (χ0v) is 13.8. The van der Waals surface area contributed by atoms with Crippen molar-refractivity contribution in [2.24, 2.45) is 0 Å². The molecule has 23 heavy (non-hydrogen) atoms. The van der Waals surface area contributed by atoms with Crippen LogP contribution in [0, 0.1) is 0 Å². The van der Waals surface area contributed by atoms with Gasteiger partial charge in [0, 0.05) is 6.08 Å². The lowest BCUT2D eigenvalue weighted by Gasteiger charge is -2.08. The molecule has 1 aromatic heterocycles. The summed E-state index contributed by atoms with van der Waals surface area (Å²) in [7, 11) is 0. The molecule has 0 radical (unpaired) electrons. The summed E-state index contributed by atoms with van der Waals surface area (Å²) in [5, 5.41) is 3.20. The smallest absolute Gasteiger partial charge is 0.331 e. The molecule has 1 aromatic carbocycles. The van der Waals surface area contributed by atoms with Crippen LogP contribution in [0.15, 0.2) is 41.0 Å². The van der Waals surface area contributed by atoms with E-state index in [1.54, 1.807) is 12.1 Å². The van der Waals surface area contributed by atoms with E-state index in [-0.39, 0.29) is 20.8 Å². The van der Waals surface area contributed by atoms with Crippen molar-refractivity contribution in [1.82, 2.24) is 0 Å². The average molecular weight is 375 g/mol. The summed E-state index contributed by atoms with van der Waals surface area (Å²) in [6.07, 6.45) is 4.05. The minimum atomic E-state index is -0.684. The minimum absolute atomic E-state index is 0.219. The molecule has 1 heterocycles. The van der Waals surface area contributed by atoms with Crippen molar-refractivity contribution in [2.75, 3.05) is 11.9 Å². The highest BCUT2D eigenvalue weighted by atomic mass is 35.5. The molecular weight excluding hydrogens is 365 g/mol. The number of carbonyl (C=O) groups excluding carboxylic acids is 2. The molecule has 0 spiro atoms. The first-order valence-electron chi connectivity index (χ1n) is 6.28. The van der Waals surface area contributed by atoms with Crippen LogP contribution in [-0.4, -0.2) is 18.5 Å². The quantitative estimate of drug-likeness (QED) is 0.477. The molecule has 1 amide bonds. The fourth-order valence-electron chi connectivity index (χ4n) is 1.53. The molecule has 0 bridgehead atoms. The van der Waals surface area contributed by atoms with E-state index < -0.39 is 18.5 Å². The molecule has 5 nitrogen and oxygen atoms in total. The average Bonchev–Trinajstić information content (AvgIpc) is 3.02. The van der Waals surface area contributed by atoms with Gasteiger partial charge in [-0.15, -0.1) is 0 Å². The van der Waals surface area contributed by atoms with Gasteiger partial charge in [0.2, 0.25) is 0 Å². The van der Waals surface area contributed by atoms with Crippen molar-refractivity contribution in [3.63, 3.8) is 0 Å². The van der Waals surface area contributed by atoms with Crippen molar-refractivity contribution in [3.05, 3.63) is 57.4 Å². The number of anilines is 1. The Labute approximate surface area is 146 Å². The monoisotopic (exact) mass is 373 g/mol. The van der Waals surface area contributed by atoms with Gasteiger partial charge < -0.3 is 14.5 Å². The summed E-state index contributed by atoms with van der Waals surface area (Å²) in [6.45, 7) is -0.474. The number of nitrogens with one attached hydrogen (secondary N) is 1. The van der Waals surface area contributed by atoms with Gasteiger partial charge in [-0.25, -0.2) is 4.79 Å². The Hall–Kier alpha value is -1.95. The highest BCUT2D eigenvalue weighted by Gasteiger charge is 2.10. The van der Waals surface area contributed by atoms with E-state index in [4.69, 9.17) is 44.0 Å². The fourth-order valence-corrected chi connectivity index (χ4v) is 2.12. The summed E-state index contributed by atoms with van der Waals surface area (Å²) >= 11 is 17.6. The molecule has 0 fully saturated rings. The molecule has 0 atom stereocenters. The number of halogens is 3. The number of esters is 1. The topological polar surface area (TPSA) is 68.5 Å². The second-order valence-electron chi connectivity index (χ2n) is 4.25. The fraction of sp³-hybridized carbons (Fsp3) is 0.0667. The predicted molar refractivity (Wildman–Crippen MR) is 88.8 cm³/mol. The van der Waals surface area contributed by atoms with Crippen LogP contribution >= 0.6 is 34.8 Å². The van der Waals surface area contributed by atoms with Gasteiger partial charge in [0.15, 0.2) is 6.61 Å². The Bertz CT molecular complexity index is 741. The summed E-state index contributed by atoms with van der Waals surface area (Å²) < 4.78 is 9.80. The van der Waals surface area contributed by atoms with E-state index in [1.807, 2.05) is 0 Å². The van der Waals surface area contributed by atoms with E-state index in [2.05, 4.69) is 5.32 Å². The lowest BCUT2D eigenvalue weighted by molar-refractivity contribution is -0.142. The molecule has 2 aromatic rings. The highest BCUT2D eigenvalue weighted by molar-refractivity contribution is 6.44. The molecule has 0 unspecified atom stereocenters. The molecule has 8 heteroatoms. The number of rotatable bonds is 5. The van der Waals surface area contributed by atoms with Gasteiger partial charge in [-0.05, 0) is 30.3 Å². The Kier molecular flexibility index (Phi) is 6.10. The largest absolute Gasteiger partial charge is 0.465 e. The van der Waals surface area contributed by atoms with Crippen LogP contribution in [0.5, 0.6) is 0 Å². The third-order valence-corrected chi connectivity index (χ3v) is 3.59. The molecule has 0 aliphatic rings. The number of ether oxygens (including phenoxy) is 1. The van der Waals surface area contributed by atoms with Crippen LogP contribution in [0.3, 0.4) is 0 Å². The van der Waals surface area contributed by atoms with Crippen molar-refractivity contribution in [3.8, 4) is 0 Å². The first-order chi connectivity index (χ1) is 11.0. The second-order valence-corrected chi connectivity index (χ2v) is 5.47. The predicted octanol–water partition coefficient (Wildman–Crippen LogP) is 4.43. The molecular formula is C15H10Cl3NO4. The zero-order chi connectivity index (χ0) is 16.8. The Morgan fingerprint density at radius 1 is 1.17 bits per heavy atom. The number of amides is 1. The maximum absolute atomic E-state index is 11.7. The van der Waals surface area contributed by atoms with Crippen LogP contribution < -0.4 is 5.32 Å². The molecule has 1 N–H and O–H groups in total. The SMILES string of the molecule is O=C(COC(=O)C=Cc1ccco1)Nc1cc(Cl)c(Cl)cc1Cl. The van der Waals surface area contributed by atoms with Crippen molar-refractivity contribution in [2.45, 2.75) is 0 Å². The van der Waals surface area contributed by atoms with Gasteiger partial charge in [0.05, 0.1) is 27.0 Å². The highest BCUT2D eigenvalue weighted by Crippen LogP contribution is 2.32. The Morgan fingerprint density at radius 3 is 2.61 bits per heavy atom. The minimum Gasteiger partial charge on any atom is -0.465 e. The van der Waals surface area contributed by atoms with E-state index >= 15 is 0 Å². The first-order valence-corrected chi connectivity index (χ1v) is 7.42. The van der Waals surface area contributed by atoms with E-state index in [0.29, 0.717) is 5.76 Å². The van der Waals surface area contributed by atoms with Gasteiger partial charge in [-0.2, -0.15) is 0 Å². The summed E-state index contributed by atoms with van der Waals surface area (Å²) in [4.78, 5) is 23.2. The molecule has 0 saturated carbocycles. The van der Waals surface area contributed by atoms with Crippen LogP contribution in [0.25, 0.3) is 6.08 Å². The van der Waals surface area contributed by atoms with Crippen molar-refractivity contribution >= 4 is 58.4 Å². The van der Waals surface area contributed by atoms with Gasteiger partial charge in [-0.3, -0.25) is 4.79 Å². The van der Waals surface area contributed by atoms with Crippen molar-refractivity contribution < 1.29 is 18.7 Å². The Balaban J connectivity index is 1.85. The van der Waals surface area contributed by atoms with Crippen LogP contribution in [0.4, 0.5) is 5.69 Å². The van der Waals surface area contributed by atoms with E-state index in [0.717, 1.165) is 6.08 Å². The molecule has 0 saturated heterocycles.